The number of nitrogens with one attached hydrogen (secondary N) is 1. The van der Waals surface area contributed by atoms with Crippen molar-refractivity contribution >= 4 is 16.1 Å². The Morgan fingerprint density at radius 3 is 2.04 bits per heavy atom. The smallest absolute Gasteiger partial charge is 0.282 e. The zero-order valence-electron chi connectivity index (χ0n) is 14.2. The van der Waals surface area contributed by atoms with Gasteiger partial charge >= 0.3 is 0 Å². The molecule has 1 amide bonds. The molecule has 0 bridgehead atoms. The highest BCUT2D eigenvalue weighted by Gasteiger charge is 2.33. The Bertz CT molecular complexity index is 740. The molecule has 0 unspecified atom stereocenters. The van der Waals surface area contributed by atoms with Crippen LogP contribution in [-0.2, 0) is 10.2 Å². The Labute approximate surface area is 147 Å². The minimum absolute atomic E-state index is 0.192. The molecule has 2 aliphatic rings. The number of nitrogens with zero attached hydrogens (tertiary/aromatic N) is 3. The second-order valence-corrected chi connectivity index (χ2v) is 8.38. The number of hydrogen-bond acceptors (Lipinski definition) is 4. The first-order chi connectivity index (χ1) is 12.0. The molecule has 0 saturated carbocycles. The lowest BCUT2D eigenvalue weighted by molar-refractivity contribution is 0.0693. The van der Waals surface area contributed by atoms with Gasteiger partial charge in [-0.3, -0.25) is 9.59 Å². The van der Waals surface area contributed by atoms with Gasteiger partial charge in [0.25, 0.3) is 16.1 Å². The Morgan fingerprint density at radius 2 is 1.48 bits per heavy atom. The zero-order valence-corrected chi connectivity index (χ0v) is 15.0. The molecule has 25 heavy (non-hydrogen) atoms. The maximum atomic E-state index is 12.8. The fourth-order valence-corrected chi connectivity index (χ4v) is 4.95. The van der Waals surface area contributed by atoms with Crippen molar-refractivity contribution in [1.82, 2.24) is 18.5 Å². The van der Waals surface area contributed by atoms with Gasteiger partial charge in [-0.25, -0.2) is 0 Å². The van der Waals surface area contributed by atoms with Gasteiger partial charge in [-0.1, -0.05) is 12.8 Å². The van der Waals surface area contributed by atoms with Crippen molar-refractivity contribution in [2.24, 2.45) is 0 Å². The molecule has 1 N–H and O–H groups in total. The van der Waals surface area contributed by atoms with Gasteiger partial charge in [-0.15, -0.1) is 0 Å². The number of aromatic amines is 1. The molecule has 0 atom stereocenters. The second-order valence-electron chi connectivity index (χ2n) is 6.45. The van der Waals surface area contributed by atoms with Crippen molar-refractivity contribution in [2.45, 2.75) is 25.7 Å². The second kappa shape index (κ2) is 7.67. The predicted octanol–water partition coefficient (Wildman–Crippen LogP) is 0.254. The van der Waals surface area contributed by atoms with Gasteiger partial charge in [0.05, 0.1) is 5.56 Å². The van der Waals surface area contributed by atoms with Crippen molar-refractivity contribution in [2.75, 3.05) is 39.3 Å². The molecule has 2 aliphatic heterocycles. The lowest BCUT2D eigenvalue weighted by atomic mass is 10.2. The molecular weight excluding hydrogens is 344 g/mol. The fraction of sp³-hybridized carbons (Fsp3) is 0.625. The topological polar surface area (TPSA) is 93.8 Å². The number of aromatic nitrogens is 1. The van der Waals surface area contributed by atoms with E-state index in [0.717, 1.165) is 25.7 Å². The van der Waals surface area contributed by atoms with Gasteiger partial charge in [-0.05, 0) is 18.9 Å². The van der Waals surface area contributed by atoms with Crippen molar-refractivity contribution in [1.29, 1.82) is 0 Å². The minimum atomic E-state index is -3.45. The molecule has 1 aromatic heterocycles. The summed E-state index contributed by atoms with van der Waals surface area (Å²) in [7, 11) is -3.45. The first-order valence-corrected chi connectivity index (χ1v) is 10.1. The average molecular weight is 368 g/mol. The van der Waals surface area contributed by atoms with Crippen LogP contribution in [0.4, 0.5) is 0 Å². The lowest BCUT2D eigenvalue weighted by Crippen LogP contribution is -2.54. The highest BCUT2D eigenvalue weighted by molar-refractivity contribution is 7.86. The van der Waals surface area contributed by atoms with E-state index in [1.807, 2.05) is 0 Å². The highest BCUT2D eigenvalue weighted by atomic mass is 32.2. The summed E-state index contributed by atoms with van der Waals surface area (Å²) in [6.07, 6.45) is 5.36. The van der Waals surface area contributed by atoms with E-state index >= 15 is 0 Å². The van der Waals surface area contributed by atoms with Crippen LogP contribution in [0.3, 0.4) is 0 Å². The standard InChI is InChI=1S/C16H24N4O4S/c21-15-6-5-14(13-17-15)16(22)18-9-11-20(12-10-18)25(23,24)19-7-3-1-2-4-8-19/h5-6,13H,1-4,7-12H2,(H,17,21). The van der Waals surface area contributed by atoms with Crippen molar-refractivity contribution < 1.29 is 13.2 Å². The van der Waals surface area contributed by atoms with Crippen LogP contribution in [0, 0.1) is 0 Å². The number of carbonyl (C=O) groups excluding carboxylic acids is 1. The van der Waals surface area contributed by atoms with Crippen molar-refractivity contribution in [3.63, 3.8) is 0 Å². The van der Waals surface area contributed by atoms with E-state index < -0.39 is 10.2 Å². The van der Waals surface area contributed by atoms with Gasteiger partial charge in [-0.2, -0.15) is 17.0 Å². The van der Waals surface area contributed by atoms with Crippen molar-refractivity contribution in [3.05, 3.63) is 34.2 Å². The number of amides is 1. The highest BCUT2D eigenvalue weighted by Crippen LogP contribution is 2.18. The molecule has 1 aromatic rings. The van der Waals surface area contributed by atoms with Gasteiger partial charge in [0.15, 0.2) is 0 Å². The summed E-state index contributed by atoms with van der Waals surface area (Å²) in [6, 6.07) is 2.80. The van der Waals surface area contributed by atoms with Crippen LogP contribution in [0.15, 0.2) is 23.1 Å². The molecular formula is C16H24N4O4S. The first kappa shape index (κ1) is 18.1. The number of hydrogen-bond donors (Lipinski definition) is 1. The normalized spacial score (nSPS) is 21.0. The molecule has 138 valence electrons. The Balaban J connectivity index is 1.61. The van der Waals surface area contributed by atoms with E-state index in [9.17, 15) is 18.0 Å². The number of piperazine rings is 1. The summed E-state index contributed by atoms with van der Waals surface area (Å²) < 4.78 is 28.6. The van der Waals surface area contributed by atoms with Gasteiger partial charge in [0.2, 0.25) is 5.56 Å². The van der Waals surface area contributed by atoms with E-state index in [2.05, 4.69) is 4.98 Å². The van der Waals surface area contributed by atoms with E-state index in [1.165, 1.54) is 22.6 Å². The van der Waals surface area contributed by atoms with Crippen LogP contribution in [0.1, 0.15) is 36.0 Å². The molecule has 9 heteroatoms. The monoisotopic (exact) mass is 368 g/mol. The Morgan fingerprint density at radius 1 is 0.880 bits per heavy atom. The zero-order chi connectivity index (χ0) is 17.9. The Kier molecular flexibility index (Phi) is 5.55. The molecule has 3 heterocycles. The number of pyridine rings is 1. The molecule has 8 nitrogen and oxygen atoms in total. The van der Waals surface area contributed by atoms with Crippen LogP contribution in [-0.4, -0.2) is 72.1 Å². The molecule has 3 rings (SSSR count). The lowest BCUT2D eigenvalue weighted by Gasteiger charge is -2.36. The van der Waals surface area contributed by atoms with Crippen LogP contribution in [0.25, 0.3) is 0 Å². The van der Waals surface area contributed by atoms with Crippen LogP contribution < -0.4 is 5.56 Å². The van der Waals surface area contributed by atoms with Gasteiger partial charge < -0.3 is 9.88 Å². The summed E-state index contributed by atoms with van der Waals surface area (Å²) in [4.78, 5) is 27.6. The minimum Gasteiger partial charge on any atom is -0.336 e. The summed E-state index contributed by atoms with van der Waals surface area (Å²) in [5, 5.41) is 0. The molecule has 2 fully saturated rings. The van der Waals surface area contributed by atoms with Crippen LogP contribution in [0.2, 0.25) is 0 Å². The molecule has 0 aromatic carbocycles. The fourth-order valence-electron chi connectivity index (χ4n) is 3.28. The number of H-pyrrole nitrogens is 1. The Hall–Kier alpha value is -1.71. The third-order valence-electron chi connectivity index (χ3n) is 4.77. The largest absolute Gasteiger partial charge is 0.336 e. The van der Waals surface area contributed by atoms with E-state index in [4.69, 9.17) is 0 Å². The molecule has 0 spiro atoms. The maximum Gasteiger partial charge on any atom is 0.282 e. The number of carbonyl (C=O) groups is 1. The average Bonchev–Trinajstić information content (AvgIpc) is 2.92. The summed E-state index contributed by atoms with van der Waals surface area (Å²) in [5.41, 5.74) is 0.147. The van der Waals surface area contributed by atoms with E-state index in [0.29, 0.717) is 44.8 Å². The summed E-state index contributed by atoms with van der Waals surface area (Å²) in [5.74, 6) is -0.192. The van der Waals surface area contributed by atoms with Gasteiger partial charge in [0, 0.05) is 51.5 Å². The molecule has 2 saturated heterocycles. The van der Waals surface area contributed by atoms with Gasteiger partial charge in [0.1, 0.15) is 0 Å². The quantitative estimate of drug-likeness (QED) is 0.828. The SMILES string of the molecule is O=C(c1ccc(=O)[nH]c1)N1CCN(S(=O)(=O)N2CCCCCC2)CC1. The third kappa shape index (κ3) is 4.10. The van der Waals surface area contributed by atoms with Crippen LogP contribution in [0.5, 0.6) is 0 Å². The van der Waals surface area contributed by atoms with E-state index in [-0.39, 0.29) is 11.5 Å². The van der Waals surface area contributed by atoms with Crippen molar-refractivity contribution in [3.8, 4) is 0 Å². The third-order valence-corrected chi connectivity index (χ3v) is 6.81. The summed E-state index contributed by atoms with van der Waals surface area (Å²) in [6.45, 7) is 2.47. The maximum absolute atomic E-state index is 12.8. The summed E-state index contributed by atoms with van der Waals surface area (Å²) >= 11 is 0. The molecule has 0 radical (unpaired) electrons. The van der Waals surface area contributed by atoms with Crippen LogP contribution >= 0.6 is 0 Å². The predicted molar refractivity (Wildman–Crippen MR) is 93.5 cm³/mol. The first-order valence-electron chi connectivity index (χ1n) is 8.72. The van der Waals surface area contributed by atoms with E-state index in [1.54, 1.807) is 9.21 Å². The number of rotatable bonds is 3. The molecule has 0 aliphatic carbocycles.